The quantitative estimate of drug-likeness (QED) is 0.529. The minimum atomic E-state index is -0.167. The normalized spacial score (nSPS) is 23.1. The third-order valence-corrected chi connectivity index (χ3v) is 1.87. The van der Waals surface area contributed by atoms with E-state index in [9.17, 15) is 4.79 Å². The van der Waals surface area contributed by atoms with Crippen molar-refractivity contribution in [1.29, 1.82) is 0 Å². The molecular formula is C6H8N2O2. The summed E-state index contributed by atoms with van der Waals surface area (Å²) in [6.45, 7) is 0. The topological polar surface area (TPSA) is 72.0 Å². The SMILES string of the molecule is NC1CCc2o[nH]c(=O)c21. The second-order valence-corrected chi connectivity index (χ2v) is 2.52. The molecule has 1 unspecified atom stereocenters. The number of fused-ring (bicyclic) bond motifs is 1. The fourth-order valence-electron chi connectivity index (χ4n) is 1.34. The maximum absolute atomic E-state index is 10.9. The van der Waals surface area contributed by atoms with Crippen molar-refractivity contribution < 1.29 is 4.52 Å². The molecule has 4 nitrogen and oxygen atoms in total. The Labute approximate surface area is 57.0 Å². The van der Waals surface area contributed by atoms with Gasteiger partial charge in [0.05, 0.1) is 5.56 Å². The van der Waals surface area contributed by atoms with Crippen LogP contribution in [0.5, 0.6) is 0 Å². The van der Waals surface area contributed by atoms with Crippen LogP contribution in [0.4, 0.5) is 0 Å². The van der Waals surface area contributed by atoms with E-state index >= 15 is 0 Å². The molecule has 2 rings (SSSR count). The van der Waals surface area contributed by atoms with Crippen LogP contribution >= 0.6 is 0 Å². The number of rotatable bonds is 0. The fraction of sp³-hybridized carbons (Fsp3) is 0.500. The van der Waals surface area contributed by atoms with Gasteiger partial charge in [0, 0.05) is 12.5 Å². The van der Waals surface area contributed by atoms with Crippen molar-refractivity contribution in [3.63, 3.8) is 0 Å². The van der Waals surface area contributed by atoms with Crippen molar-refractivity contribution in [2.75, 3.05) is 0 Å². The summed E-state index contributed by atoms with van der Waals surface area (Å²) in [5.74, 6) is 0.734. The fourth-order valence-corrected chi connectivity index (χ4v) is 1.34. The first-order valence-electron chi connectivity index (χ1n) is 3.25. The van der Waals surface area contributed by atoms with Gasteiger partial charge in [0.25, 0.3) is 5.56 Å². The Balaban J connectivity index is 2.65. The van der Waals surface area contributed by atoms with Crippen molar-refractivity contribution in [1.82, 2.24) is 5.16 Å². The summed E-state index contributed by atoms with van der Waals surface area (Å²) in [5, 5.41) is 2.26. The van der Waals surface area contributed by atoms with Gasteiger partial charge in [0.15, 0.2) is 0 Å². The monoisotopic (exact) mass is 140 g/mol. The third-order valence-electron chi connectivity index (χ3n) is 1.87. The van der Waals surface area contributed by atoms with Gasteiger partial charge in [-0.2, -0.15) is 5.16 Å². The van der Waals surface area contributed by atoms with Crippen LogP contribution in [0.15, 0.2) is 9.32 Å². The first-order chi connectivity index (χ1) is 4.79. The zero-order valence-corrected chi connectivity index (χ0v) is 5.39. The molecule has 1 atom stereocenters. The maximum Gasteiger partial charge on any atom is 0.284 e. The predicted octanol–water partition coefficient (Wildman–Crippen LogP) is -0.0861. The van der Waals surface area contributed by atoms with E-state index in [0.717, 1.165) is 18.6 Å². The van der Waals surface area contributed by atoms with Crippen LogP contribution < -0.4 is 11.3 Å². The number of nitrogens with one attached hydrogen (secondary N) is 1. The van der Waals surface area contributed by atoms with Crippen LogP contribution in [0.25, 0.3) is 0 Å². The Morgan fingerprint density at radius 1 is 1.70 bits per heavy atom. The van der Waals surface area contributed by atoms with Crippen molar-refractivity contribution in [2.45, 2.75) is 18.9 Å². The molecule has 0 spiro atoms. The molecule has 3 N–H and O–H groups in total. The molecular weight excluding hydrogens is 132 g/mol. The van der Waals surface area contributed by atoms with Gasteiger partial charge in [-0.05, 0) is 6.42 Å². The lowest BCUT2D eigenvalue weighted by Crippen LogP contribution is -2.14. The minimum absolute atomic E-state index is 0.113. The molecule has 0 aromatic carbocycles. The Morgan fingerprint density at radius 3 is 3.20 bits per heavy atom. The van der Waals surface area contributed by atoms with Crippen molar-refractivity contribution >= 4 is 0 Å². The van der Waals surface area contributed by atoms with Gasteiger partial charge in [-0.25, -0.2) is 0 Å². The standard InChI is InChI=1S/C6H8N2O2/c7-3-1-2-4-5(3)6(9)8-10-4/h3H,1-2,7H2,(H,8,9). The molecule has 0 fully saturated rings. The van der Waals surface area contributed by atoms with Gasteiger partial charge < -0.3 is 10.3 Å². The lowest BCUT2D eigenvalue weighted by molar-refractivity contribution is 0.380. The molecule has 10 heavy (non-hydrogen) atoms. The highest BCUT2D eigenvalue weighted by molar-refractivity contribution is 5.23. The second-order valence-electron chi connectivity index (χ2n) is 2.52. The van der Waals surface area contributed by atoms with Gasteiger partial charge >= 0.3 is 0 Å². The number of nitrogens with two attached hydrogens (primary N) is 1. The molecule has 0 saturated heterocycles. The second kappa shape index (κ2) is 1.73. The third kappa shape index (κ3) is 0.565. The molecule has 0 amide bonds. The van der Waals surface area contributed by atoms with Crippen LogP contribution in [0.2, 0.25) is 0 Å². The van der Waals surface area contributed by atoms with Crippen LogP contribution in [0.1, 0.15) is 23.8 Å². The zero-order valence-electron chi connectivity index (χ0n) is 5.39. The summed E-state index contributed by atoms with van der Waals surface area (Å²) in [7, 11) is 0. The van der Waals surface area contributed by atoms with Crippen molar-refractivity contribution in [3.05, 3.63) is 21.7 Å². The summed E-state index contributed by atoms with van der Waals surface area (Å²) in [6, 6.07) is -0.113. The van der Waals surface area contributed by atoms with Crippen LogP contribution in [0, 0.1) is 0 Å². The Bertz CT molecular complexity index is 299. The zero-order chi connectivity index (χ0) is 7.14. The molecule has 54 valence electrons. The molecule has 0 bridgehead atoms. The molecule has 0 aliphatic heterocycles. The number of aryl methyl sites for hydroxylation is 1. The average Bonchev–Trinajstić information content (AvgIpc) is 2.40. The average molecular weight is 140 g/mol. The highest BCUT2D eigenvalue weighted by Crippen LogP contribution is 2.25. The molecule has 1 aliphatic rings. The summed E-state index contributed by atoms with van der Waals surface area (Å²) in [6.07, 6.45) is 1.62. The van der Waals surface area contributed by atoms with E-state index in [-0.39, 0.29) is 11.6 Å². The maximum atomic E-state index is 10.9. The molecule has 0 saturated carbocycles. The first kappa shape index (κ1) is 5.73. The molecule has 4 heteroatoms. The molecule has 1 heterocycles. The summed E-state index contributed by atoms with van der Waals surface area (Å²) < 4.78 is 4.86. The van der Waals surface area contributed by atoms with Gasteiger partial charge in [-0.3, -0.25) is 4.79 Å². The number of aromatic nitrogens is 1. The smallest absolute Gasteiger partial charge is 0.284 e. The van der Waals surface area contributed by atoms with Gasteiger partial charge in [0.2, 0.25) is 0 Å². The molecule has 1 aromatic rings. The van der Waals surface area contributed by atoms with E-state index < -0.39 is 0 Å². The first-order valence-corrected chi connectivity index (χ1v) is 3.25. The predicted molar refractivity (Wildman–Crippen MR) is 34.6 cm³/mol. The summed E-state index contributed by atoms with van der Waals surface area (Å²) in [4.78, 5) is 10.9. The highest BCUT2D eigenvalue weighted by atomic mass is 16.5. The molecule has 1 aromatic heterocycles. The van der Waals surface area contributed by atoms with E-state index in [0.29, 0.717) is 5.56 Å². The van der Waals surface area contributed by atoms with Gasteiger partial charge in [-0.1, -0.05) is 0 Å². The van der Waals surface area contributed by atoms with Gasteiger partial charge in [-0.15, -0.1) is 0 Å². The minimum Gasteiger partial charge on any atom is -0.383 e. The van der Waals surface area contributed by atoms with Gasteiger partial charge in [0.1, 0.15) is 5.76 Å². The van der Waals surface area contributed by atoms with Crippen LogP contribution in [-0.2, 0) is 6.42 Å². The summed E-state index contributed by atoms with van der Waals surface area (Å²) >= 11 is 0. The number of H-pyrrole nitrogens is 1. The van der Waals surface area contributed by atoms with E-state index in [1.807, 2.05) is 0 Å². The van der Waals surface area contributed by atoms with E-state index in [1.54, 1.807) is 0 Å². The van der Waals surface area contributed by atoms with Crippen molar-refractivity contribution in [3.8, 4) is 0 Å². The van der Waals surface area contributed by atoms with Crippen LogP contribution in [-0.4, -0.2) is 5.16 Å². The highest BCUT2D eigenvalue weighted by Gasteiger charge is 2.25. The van der Waals surface area contributed by atoms with Crippen LogP contribution in [0.3, 0.4) is 0 Å². The molecule has 0 radical (unpaired) electrons. The Morgan fingerprint density at radius 2 is 2.50 bits per heavy atom. The van der Waals surface area contributed by atoms with E-state index in [2.05, 4.69) is 5.16 Å². The van der Waals surface area contributed by atoms with E-state index in [4.69, 9.17) is 10.3 Å². The summed E-state index contributed by atoms with van der Waals surface area (Å²) in [5.41, 5.74) is 6.08. The Kier molecular flexibility index (Phi) is 0.990. The molecule has 1 aliphatic carbocycles. The van der Waals surface area contributed by atoms with Crippen molar-refractivity contribution in [2.24, 2.45) is 5.73 Å². The Hall–Kier alpha value is -1.03. The lowest BCUT2D eigenvalue weighted by atomic mass is 10.2. The number of hydrogen-bond acceptors (Lipinski definition) is 3. The largest absolute Gasteiger partial charge is 0.383 e. The van der Waals surface area contributed by atoms with E-state index in [1.165, 1.54) is 0 Å². The number of aromatic amines is 1. The lowest BCUT2D eigenvalue weighted by Gasteiger charge is -1.94. The number of hydrogen-bond donors (Lipinski definition) is 2.